The Morgan fingerprint density at radius 3 is 2.65 bits per heavy atom. The molecule has 1 aliphatic rings. The summed E-state index contributed by atoms with van der Waals surface area (Å²) in [6.45, 7) is -0.00512. The summed E-state index contributed by atoms with van der Waals surface area (Å²) in [5.74, 6) is -0.628. The SMILES string of the molecule is O=C(Cn1ccc(=O)[nH]c1=O)N(Cc1ccccc1F)C1CC1. The van der Waals surface area contributed by atoms with Crippen LogP contribution in [-0.4, -0.2) is 26.4 Å². The number of aromatic amines is 1. The molecular weight excluding hydrogens is 301 g/mol. The first kappa shape index (κ1) is 15.2. The van der Waals surface area contributed by atoms with Crippen molar-refractivity contribution in [2.45, 2.75) is 32.0 Å². The number of nitrogens with one attached hydrogen (secondary N) is 1. The molecule has 1 amide bonds. The van der Waals surface area contributed by atoms with Crippen LogP contribution >= 0.6 is 0 Å². The lowest BCUT2D eigenvalue weighted by atomic mass is 10.2. The van der Waals surface area contributed by atoms with Crippen LogP contribution in [0.5, 0.6) is 0 Å². The van der Waals surface area contributed by atoms with Gasteiger partial charge in [0, 0.05) is 30.4 Å². The minimum Gasteiger partial charge on any atom is -0.334 e. The molecule has 1 fully saturated rings. The molecule has 7 heteroatoms. The van der Waals surface area contributed by atoms with E-state index in [0.717, 1.165) is 17.4 Å². The largest absolute Gasteiger partial charge is 0.334 e. The van der Waals surface area contributed by atoms with Crippen LogP contribution in [0.25, 0.3) is 0 Å². The molecule has 1 heterocycles. The molecule has 1 aromatic carbocycles. The van der Waals surface area contributed by atoms with E-state index in [1.807, 2.05) is 0 Å². The summed E-state index contributed by atoms with van der Waals surface area (Å²) < 4.78 is 14.9. The van der Waals surface area contributed by atoms with E-state index in [1.165, 1.54) is 18.3 Å². The number of H-pyrrole nitrogens is 1. The van der Waals surface area contributed by atoms with Gasteiger partial charge in [-0.15, -0.1) is 0 Å². The quantitative estimate of drug-likeness (QED) is 0.889. The topological polar surface area (TPSA) is 75.2 Å². The number of halogens is 1. The van der Waals surface area contributed by atoms with Crippen LogP contribution in [0.4, 0.5) is 4.39 Å². The zero-order valence-electron chi connectivity index (χ0n) is 12.4. The maximum atomic E-state index is 13.8. The number of hydrogen-bond acceptors (Lipinski definition) is 3. The lowest BCUT2D eigenvalue weighted by molar-refractivity contribution is -0.133. The number of nitrogens with zero attached hydrogens (tertiary/aromatic N) is 2. The van der Waals surface area contributed by atoms with Gasteiger partial charge in [0.05, 0.1) is 0 Å². The van der Waals surface area contributed by atoms with Crippen molar-refractivity contribution in [2.75, 3.05) is 0 Å². The summed E-state index contributed by atoms with van der Waals surface area (Å²) in [6, 6.07) is 7.59. The first-order valence-corrected chi connectivity index (χ1v) is 7.37. The molecule has 0 atom stereocenters. The Hall–Kier alpha value is -2.70. The van der Waals surface area contributed by atoms with Gasteiger partial charge in [0.2, 0.25) is 5.91 Å². The molecule has 3 rings (SSSR count). The normalized spacial score (nSPS) is 13.8. The second-order valence-electron chi connectivity index (χ2n) is 5.58. The Morgan fingerprint density at radius 2 is 2.00 bits per heavy atom. The molecule has 1 N–H and O–H groups in total. The second kappa shape index (κ2) is 6.20. The third-order valence-corrected chi connectivity index (χ3v) is 3.81. The number of carbonyl (C=O) groups excluding carboxylic acids is 1. The van der Waals surface area contributed by atoms with Gasteiger partial charge in [0.15, 0.2) is 0 Å². The lowest BCUT2D eigenvalue weighted by Gasteiger charge is -2.23. The maximum absolute atomic E-state index is 13.8. The molecule has 0 saturated heterocycles. The van der Waals surface area contributed by atoms with Crippen LogP contribution in [-0.2, 0) is 17.9 Å². The Labute approximate surface area is 131 Å². The predicted molar refractivity (Wildman–Crippen MR) is 81.3 cm³/mol. The number of aromatic nitrogens is 2. The fourth-order valence-corrected chi connectivity index (χ4v) is 2.42. The van der Waals surface area contributed by atoms with Gasteiger partial charge in [-0.25, -0.2) is 9.18 Å². The van der Waals surface area contributed by atoms with Crippen molar-refractivity contribution in [1.82, 2.24) is 14.5 Å². The number of benzene rings is 1. The van der Waals surface area contributed by atoms with Crippen molar-refractivity contribution in [1.29, 1.82) is 0 Å². The van der Waals surface area contributed by atoms with Gasteiger partial charge in [-0.1, -0.05) is 18.2 Å². The van der Waals surface area contributed by atoms with Crippen molar-refractivity contribution < 1.29 is 9.18 Å². The van der Waals surface area contributed by atoms with E-state index in [0.29, 0.717) is 5.56 Å². The van der Waals surface area contributed by atoms with E-state index in [9.17, 15) is 18.8 Å². The molecule has 0 bridgehead atoms. The average molecular weight is 317 g/mol. The molecule has 0 spiro atoms. The third kappa shape index (κ3) is 3.56. The molecule has 6 nitrogen and oxygen atoms in total. The molecule has 23 heavy (non-hydrogen) atoms. The zero-order valence-corrected chi connectivity index (χ0v) is 12.4. The molecule has 2 aromatic rings. The highest BCUT2D eigenvalue weighted by molar-refractivity contribution is 5.76. The van der Waals surface area contributed by atoms with E-state index in [-0.39, 0.29) is 30.9 Å². The summed E-state index contributed by atoms with van der Waals surface area (Å²) in [6.07, 6.45) is 3.04. The van der Waals surface area contributed by atoms with Gasteiger partial charge < -0.3 is 4.90 Å². The van der Waals surface area contributed by atoms with Crippen molar-refractivity contribution in [3.05, 3.63) is 68.7 Å². The Bertz CT molecular complexity index is 839. The van der Waals surface area contributed by atoms with Crippen LogP contribution in [0.1, 0.15) is 18.4 Å². The summed E-state index contributed by atoms with van der Waals surface area (Å²) in [5.41, 5.74) is -0.696. The summed E-state index contributed by atoms with van der Waals surface area (Å²) in [4.78, 5) is 38.9. The van der Waals surface area contributed by atoms with E-state index in [4.69, 9.17) is 0 Å². The molecule has 120 valence electrons. The van der Waals surface area contributed by atoms with Crippen molar-refractivity contribution in [3.63, 3.8) is 0 Å². The number of amides is 1. The molecule has 1 aliphatic carbocycles. The monoisotopic (exact) mass is 317 g/mol. The molecule has 1 aromatic heterocycles. The number of carbonyl (C=O) groups is 1. The van der Waals surface area contributed by atoms with Crippen LogP contribution in [0, 0.1) is 5.82 Å². The Kier molecular flexibility index (Phi) is 4.10. The molecule has 0 aliphatic heterocycles. The minimum atomic E-state index is -0.632. The first-order valence-electron chi connectivity index (χ1n) is 7.37. The van der Waals surface area contributed by atoms with E-state index >= 15 is 0 Å². The standard InChI is InChI=1S/C16H16FN3O3/c17-13-4-2-1-3-11(13)9-20(12-5-6-12)15(22)10-19-8-7-14(21)18-16(19)23/h1-4,7-8,12H,5-6,9-10H2,(H,18,21,23). The van der Waals surface area contributed by atoms with Crippen LogP contribution in [0.3, 0.4) is 0 Å². The number of rotatable bonds is 5. The minimum absolute atomic E-state index is 0.0839. The van der Waals surface area contributed by atoms with Gasteiger partial charge in [0.25, 0.3) is 5.56 Å². The fourth-order valence-electron chi connectivity index (χ4n) is 2.42. The van der Waals surface area contributed by atoms with Gasteiger partial charge in [-0.05, 0) is 18.9 Å². The maximum Gasteiger partial charge on any atom is 0.328 e. The summed E-state index contributed by atoms with van der Waals surface area (Å²) >= 11 is 0. The second-order valence-corrected chi connectivity index (χ2v) is 5.58. The van der Waals surface area contributed by atoms with Crippen LogP contribution in [0.15, 0.2) is 46.1 Å². The Morgan fingerprint density at radius 1 is 1.26 bits per heavy atom. The number of hydrogen-bond donors (Lipinski definition) is 1. The van der Waals surface area contributed by atoms with Crippen LogP contribution in [0.2, 0.25) is 0 Å². The van der Waals surface area contributed by atoms with Gasteiger partial charge >= 0.3 is 5.69 Å². The molecular formula is C16H16FN3O3. The highest BCUT2D eigenvalue weighted by Gasteiger charge is 2.33. The highest BCUT2D eigenvalue weighted by Crippen LogP contribution is 2.29. The predicted octanol–water partition coefficient (Wildman–Crippen LogP) is 0.867. The Balaban J connectivity index is 1.78. The van der Waals surface area contributed by atoms with E-state index in [2.05, 4.69) is 4.98 Å². The summed E-state index contributed by atoms with van der Waals surface area (Å²) in [5, 5.41) is 0. The summed E-state index contributed by atoms with van der Waals surface area (Å²) in [7, 11) is 0. The fraction of sp³-hybridized carbons (Fsp3) is 0.312. The zero-order chi connectivity index (χ0) is 16.4. The van der Waals surface area contributed by atoms with Gasteiger partial charge in [0.1, 0.15) is 12.4 Å². The van der Waals surface area contributed by atoms with E-state index in [1.54, 1.807) is 23.1 Å². The van der Waals surface area contributed by atoms with Crippen molar-refractivity contribution in [3.8, 4) is 0 Å². The van der Waals surface area contributed by atoms with E-state index < -0.39 is 11.2 Å². The van der Waals surface area contributed by atoms with Crippen LogP contribution < -0.4 is 11.2 Å². The lowest BCUT2D eigenvalue weighted by Crippen LogP contribution is -2.39. The van der Waals surface area contributed by atoms with Crippen molar-refractivity contribution >= 4 is 5.91 Å². The smallest absolute Gasteiger partial charge is 0.328 e. The molecule has 0 unspecified atom stereocenters. The highest BCUT2D eigenvalue weighted by atomic mass is 19.1. The molecule has 0 radical (unpaired) electrons. The first-order chi connectivity index (χ1) is 11.0. The average Bonchev–Trinajstić information content (AvgIpc) is 3.34. The molecule has 1 saturated carbocycles. The van der Waals surface area contributed by atoms with Crippen molar-refractivity contribution in [2.24, 2.45) is 0 Å². The third-order valence-electron chi connectivity index (χ3n) is 3.81. The van der Waals surface area contributed by atoms with Gasteiger partial charge in [-0.2, -0.15) is 0 Å². The van der Waals surface area contributed by atoms with Gasteiger partial charge in [-0.3, -0.25) is 19.1 Å².